The fourth-order valence-electron chi connectivity index (χ4n) is 2.71. The van der Waals surface area contributed by atoms with Crippen LogP contribution in [0.3, 0.4) is 0 Å². The third-order valence-corrected chi connectivity index (χ3v) is 4.89. The third-order valence-electron chi connectivity index (χ3n) is 4.10. The summed E-state index contributed by atoms with van der Waals surface area (Å²) in [6.07, 6.45) is 0. The van der Waals surface area contributed by atoms with E-state index in [4.69, 9.17) is 0 Å². The zero-order chi connectivity index (χ0) is 21.0. The van der Waals surface area contributed by atoms with Crippen LogP contribution in [0.15, 0.2) is 58.2 Å². The van der Waals surface area contributed by atoms with Crippen LogP contribution in [0.5, 0.6) is 0 Å². The second kappa shape index (κ2) is 8.99. The molecule has 0 aliphatic rings. The first-order chi connectivity index (χ1) is 13.9. The van der Waals surface area contributed by atoms with Crippen molar-refractivity contribution in [3.8, 4) is 11.4 Å². The fourth-order valence-corrected chi connectivity index (χ4v) is 3.34. The number of hydrogen-bond acceptors (Lipinski definition) is 4. The van der Waals surface area contributed by atoms with Gasteiger partial charge in [-0.25, -0.2) is 13.9 Å². The number of nitrogens with zero attached hydrogens (tertiary/aromatic N) is 3. The van der Waals surface area contributed by atoms with E-state index in [1.54, 1.807) is 19.2 Å². The SMILES string of the molecule is Cn1c(-c2ccc(F)cc2)nn(CCNC(=O)c2ccccc2SC(F)F)c1=O. The average Bonchev–Trinajstić information content (AvgIpc) is 2.97. The van der Waals surface area contributed by atoms with E-state index < -0.39 is 23.2 Å². The monoisotopic (exact) mass is 422 g/mol. The van der Waals surface area contributed by atoms with Crippen LogP contribution < -0.4 is 11.0 Å². The number of nitrogens with one attached hydrogen (secondary N) is 1. The first kappa shape index (κ1) is 20.7. The Kier molecular flexibility index (Phi) is 6.42. The quantitative estimate of drug-likeness (QED) is 0.594. The van der Waals surface area contributed by atoms with E-state index >= 15 is 0 Å². The molecule has 6 nitrogen and oxygen atoms in total. The van der Waals surface area contributed by atoms with Gasteiger partial charge in [-0.15, -0.1) is 5.10 Å². The summed E-state index contributed by atoms with van der Waals surface area (Å²) >= 11 is 0.298. The molecule has 0 aliphatic heterocycles. The maximum atomic E-state index is 13.1. The van der Waals surface area contributed by atoms with Crippen molar-refractivity contribution in [2.24, 2.45) is 7.05 Å². The predicted octanol–water partition coefficient (Wildman–Crippen LogP) is 3.13. The van der Waals surface area contributed by atoms with E-state index in [1.807, 2.05) is 0 Å². The van der Waals surface area contributed by atoms with Crippen molar-refractivity contribution < 1.29 is 18.0 Å². The van der Waals surface area contributed by atoms with Crippen LogP contribution in [-0.2, 0) is 13.6 Å². The lowest BCUT2D eigenvalue weighted by atomic mass is 10.2. The van der Waals surface area contributed by atoms with Gasteiger partial charge in [0.25, 0.3) is 11.7 Å². The second-order valence-electron chi connectivity index (χ2n) is 6.03. The molecule has 29 heavy (non-hydrogen) atoms. The van der Waals surface area contributed by atoms with Crippen molar-refractivity contribution in [3.63, 3.8) is 0 Å². The summed E-state index contributed by atoms with van der Waals surface area (Å²) in [7, 11) is 1.54. The molecule has 0 spiro atoms. The van der Waals surface area contributed by atoms with Crippen LogP contribution in [0, 0.1) is 5.82 Å². The van der Waals surface area contributed by atoms with Gasteiger partial charge in [0.2, 0.25) is 0 Å². The molecule has 3 aromatic rings. The normalized spacial score (nSPS) is 11.1. The molecule has 10 heteroatoms. The lowest BCUT2D eigenvalue weighted by Crippen LogP contribution is -2.32. The molecule has 0 saturated heterocycles. The molecule has 2 aromatic carbocycles. The predicted molar refractivity (Wildman–Crippen MR) is 103 cm³/mol. The number of carbonyl (C=O) groups excluding carboxylic acids is 1. The van der Waals surface area contributed by atoms with Gasteiger partial charge in [-0.1, -0.05) is 23.9 Å². The lowest BCUT2D eigenvalue weighted by molar-refractivity contribution is 0.0949. The molecule has 1 aromatic heterocycles. The fraction of sp³-hybridized carbons (Fsp3) is 0.211. The summed E-state index contributed by atoms with van der Waals surface area (Å²) in [6.45, 7) is 0.163. The van der Waals surface area contributed by atoms with Crippen molar-refractivity contribution in [1.82, 2.24) is 19.7 Å². The summed E-state index contributed by atoms with van der Waals surface area (Å²) in [4.78, 5) is 24.8. The molecule has 0 atom stereocenters. The summed E-state index contributed by atoms with van der Waals surface area (Å²) in [5, 5.41) is 6.83. The Balaban J connectivity index is 1.68. The maximum Gasteiger partial charge on any atom is 0.345 e. The molecule has 0 aliphatic carbocycles. The van der Waals surface area contributed by atoms with Gasteiger partial charge in [0, 0.05) is 24.1 Å². The van der Waals surface area contributed by atoms with Gasteiger partial charge >= 0.3 is 5.69 Å². The summed E-state index contributed by atoms with van der Waals surface area (Å²) in [5.41, 5.74) is 0.317. The van der Waals surface area contributed by atoms with E-state index in [9.17, 15) is 22.8 Å². The molecule has 0 unspecified atom stereocenters. The molecule has 152 valence electrons. The Hall–Kier alpha value is -3.01. The number of carbonyl (C=O) groups is 1. The molecule has 0 bridgehead atoms. The molecule has 0 saturated carbocycles. The van der Waals surface area contributed by atoms with Crippen molar-refractivity contribution >= 4 is 17.7 Å². The van der Waals surface area contributed by atoms with Gasteiger partial charge in [0.15, 0.2) is 5.82 Å². The van der Waals surface area contributed by atoms with E-state index in [1.165, 1.54) is 45.6 Å². The molecule has 1 N–H and O–H groups in total. The van der Waals surface area contributed by atoms with Crippen molar-refractivity contribution in [3.05, 3.63) is 70.4 Å². The zero-order valence-electron chi connectivity index (χ0n) is 15.3. The van der Waals surface area contributed by atoms with Crippen LogP contribution in [0.1, 0.15) is 10.4 Å². The molecule has 1 amide bonds. The van der Waals surface area contributed by atoms with E-state index in [0.29, 0.717) is 23.1 Å². The number of aromatic nitrogens is 3. The number of amides is 1. The molecule has 1 heterocycles. The highest BCUT2D eigenvalue weighted by molar-refractivity contribution is 7.99. The van der Waals surface area contributed by atoms with Crippen molar-refractivity contribution in [1.29, 1.82) is 0 Å². The first-order valence-electron chi connectivity index (χ1n) is 8.58. The zero-order valence-corrected chi connectivity index (χ0v) is 16.1. The molecular formula is C19H17F3N4O2S. The third kappa shape index (κ3) is 4.89. The molecule has 0 radical (unpaired) electrons. The summed E-state index contributed by atoms with van der Waals surface area (Å²) < 4.78 is 40.9. The van der Waals surface area contributed by atoms with Crippen molar-refractivity contribution in [2.45, 2.75) is 17.2 Å². The minimum absolute atomic E-state index is 0.0757. The highest BCUT2D eigenvalue weighted by Gasteiger charge is 2.16. The van der Waals surface area contributed by atoms with Crippen LogP contribution >= 0.6 is 11.8 Å². The molecule has 3 rings (SSSR count). The highest BCUT2D eigenvalue weighted by atomic mass is 32.2. The van der Waals surface area contributed by atoms with Crippen LogP contribution in [0.4, 0.5) is 13.2 Å². The van der Waals surface area contributed by atoms with Crippen molar-refractivity contribution in [2.75, 3.05) is 6.54 Å². The first-order valence-corrected chi connectivity index (χ1v) is 9.46. The smallest absolute Gasteiger partial charge is 0.345 e. The van der Waals surface area contributed by atoms with Gasteiger partial charge in [-0.2, -0.15) is 8.78 Å². The maximum absolute atomic E-state index is 13.1. The van der Waals surface area contributed by atoms with Gasteiger partial charge in [-0.3, -0.25) is 9.36 Å². The highest BCUT2D eigenvalue weighted by Crippen LogP contribution is 2.28. The van der Waals surface area contributed by atoms with Crippen LogP contribution in [-0.4, -0.2) is 32.6 Å². The van der Waals surface area contributed by atoms with E-state index in [-0.39, 0.29) is 23.5 Å². The topological polar surface area (TPSA) is 68.9 Å². The average molecular weight is 422 g/mol. The Labute approximate surface area is 168 Å². The Morgan fingerprint density at radius 3 is 2.55 bits per heavy atom. The van der Waals surface area contributed by atoms with Gasteiger partial charge in [-0.05, 0) is 36.4 Å². The lowest BCUT2D eigenvalue weighted by Gasteiger charge is -2.09. The van der Waals surface area contributed by atoms with Gasteiger partial charge < -0.3 is 5.32 Å². The van der Waals surface area contributed by atoms with E-state index in [0.717, 1.165) is 0 Å². The number of rotatable bonds is 7. The van der Waals surface area contributed by atoms with Crippen LogP contribution in [0.25, 0.3) is 11.4 Å². The Bertz CT molecular complexity index is 1060. The largest absolute Gasteiger partial charge is 0.350 e. The van der Waals surface area contributed by atoms with Gasteiger partial charge in [0.05, 0.1) is 12.1 Å². The number of hydrogen-bond donors (Lipinski definition) is 1. The van der Waals surface area contributed by atoms with Crippen LogP contribution in [0.2, 0.25) is 0 Å². The molecular weight excluding hydrogens is 405 g/mol. The number of thioether (sulfide) groups is 1. The summed E-state index contributed by atoms with van der Waals surface area (Å²) in [6, 6.07) is 11.6. The summed E-state index contributed by atoms with van der Waals surface area (Å²) in [5.74, 6) is -3.19. The second-order valence-corrected chi connectivity index (χ2v) is 7.06. The Morgan fingerprint density at radius 1 is 1.17 bits per heavy atom. The standard InChI is InChI=1S/C19H17F3N4O2S/c1-25-16(12-6-8-13(20)9-7-12)24-26(19(25)28)11-10-23-17(27)14-4-2-3-5-15(14)29-18(21)22/h2-9,18H,10-11H2,1H3,(H,23,27). The van der Waals surface area contributed by atoms with E-state index in [2.05, 4.69) is 10.4 Å². The minimum Gasteiger partial charge on any atom is -0.350 e. The number of halogens is 3. The number of benzene rings is 2. The minimum atomic E-state index is -2.64. The Morgan fingerprint density at radius 2 is 1.86 bits per heavy atom. The van der Waals surface area contributed by atoms with Gasteiger partial charge in [0.1, 0.15) is 5.82 Å². The molecule has 0 fully saturated rings. The number of alkyl halides is 2.